The third kappa shape index (κ3) is 6.64. The van der Waals surface area contributed by atoms with E-state index in [0.717, 1.165) is 12.2 Å². The van der Waals surface area contributed by atoms with Crippen molar-refractivity contribution >= 4 is 21.7 Å². The van der Waals surface area contributed by atoms with Crippen LogP contribution in [0.4, 0.5) is 0 Å². The normalized spacial score (nSPS) is 14.1. The van der Waals surface area contributed by atoms with E-state index in [1.54, 1.807) is 0 Å². The molecular formula is C7H18OSSi. The Bertz CT molecular complexity index is 78.0. The molecule has 1 nitrogen and oxygen atoms in total. The second-order valence-corrected chi connectivity index (χ2v) is 5.68. The van der Waals surface area contributed by atoms with Gasteiger partial charge in [-0.15, -0.1) is 0 Å². The fourth-order valence-electron chi connectivity index (χ4n) is 0.911. The zero-order chi connectivity index (χ0) is 7.98. The van der Waals surface area contributed by atoms with Crippen molar-refractivity contribution in [2.45, 2.75) is 39.0 Å². The summed E-state index contributed by atoms with van der Waals surface area (Å²) in [6, 6.07) is 0. The van der Waals surface area contributed by atoms with E-state index in [2.05, 4.69) is 32.6 Å². The van der Waals surface area contributed by atoms with Gasteiger partial charge >= 0.3 is 0 Å². The van der Waals surface area contributed by atoms with Gasteiger partial charge < -0.3 is 4.43 Å². The standard InChI is InChI=1S/C7H18OSSi/c1-7(5-4-6-9)8-10(2)3/h7,9-10H,4-6H2,1-3H3. The Morgan fingerprint density at radius 3 is 2.50 bits per heavy atom. The van der Waals surface area contributed by atoms with E-state index in [1.165, 1.54) is 6.42 Å². The van der Waals surface area contributed by atoms with Crippen LogP contribution in [-0.2, 0) is 4.43 Å². The highest BCUT2D eigenvalue weighted by molar-refractivity contribution is 7.80. The van der Waals surface area contributed by atoms with Gasteiger partial charge in [0.2, 0.25) is 0 Å². The number of hydrogen-bond acceptors (Lipinski definition) is 2. The van der Waals surface area contributed by atoms with Crippen molar-refractivity contribution in [2.24, 2.45) is 0 Å². The van der Waals surface area contributed by atoms with Crippen molar-refractivity contribution in [3.05, 3.63) is 0 Å². The largest absolute Gasteiger partial charge is 0.418 e. The summed E-state index contributed by atoms with van der Waals surface area (Å²) in [4.78, 5) is 0. The van der Waals surface area contributed by atoms with Crippen molar-refractivity contribution in [1.82, 2.24) is 0 Å². The maximum atomic E-state index is 5.66. The van der Waals surface area contributed by atoms with Crippen LogP contribution in [0.15, 0.2) is 0 Å². The smallest absolute Gasteiger partial charge is 0.171 e. The SMILES string of the molecule is CC(CCCS)O[SiH](C)C. The third-order valence-electron chi connectivity index (χ3n) is 1.27. The molecule has 0 spiro atoms. The molecule has 0 aromatic heterocycles. The summed E-state index contributed by atoms with van der Waals surface area (Å²) in [6.07, 6.45) is 2.79. The molecule has 0 heterocycles. The van der Waals surface area contributed by atoms with Crippen LogP contribution >= 0.6 is 12.6 Å². The van der Waals surface area contributed by atoms with E-state index in [1.807, 2.05) is 0 Å². The third-order valence-corrected chi connectivity index (χ3v) is 2.60. The van der Waals surface area contributed by atoms with Crippen molar-refractivity contribution < 1.29 is 4.43 Å². The monoisotopic (exact) mass is 178 g/mol. The zero-order valence-electron chi connectivity index (χ0n) is 7.13. The maximum absolute atomic E-state index is 5.66. The van der Waals surface area contributed by atoms with Gasteiger partial charge in [-0.25, -0.2) is 0 Å². The van der Waals surface area contributed by atoms with E-state index in [4.69, 9.17) is 4.43 Å². The zero-order valence-corrected chi connectivity index (χ0v) is 9.18. The lowest BCUT2D eigenvalue weighted by molar-refractivity contribution is 0.214. The Hall–Kier alpha value is 0.527. The van der Waals surface area contributed by atoms with E-state index in [0.29, 0.717) is 6.10 Å². The first-order valence-electron chi connectivity index (χ1n) is 3.93. The predicted molar refractivity (Wildman–Crippen MR) is 52.5 cm³/mol. The van der Waals surface area contributed by atoms with E-state index in [9.17, 15) is 0 Å². The minimum absolute atomic E-state index is 0.457. The molecule has 0 aliphatic rings. The molecule has 0 amide bonds. The molecule has 0 rings (SSSR count). The summed E-state index contributed by atoms with van der Waals surface area (Å²) in [5, 5.41) is 0. The Morgan fingerprint density at radius 1 is 1.50 bits per heavy atom. The van der Waals surface area contributed by atoms with E-state index < -0.39 is 9.04 Å². The number of hydrogen-bond donors (Lipinski definition) is 1. The van der Waals surface area contributed by atoms with Gasteiger partial charge in [-0.3, -0.25) is 0 Å². The molecule has 0 saturated carbocycles. The summed E-state index contributed by atoms with van der Waals surface area (Å²) >= 11 is 4.14. The summed E-state index contributed by atoms with van der Waals surface area (Å²) in [5.41, 5.74) is 0. The summed E-state index contributed by atoms with van der Waals surface area (Å²) in [5.74, 6) is 0.980. The first kappa shape index (κ1) is 10.5. The quantitative estimate of drug-likeness (QED) is 0.501. The Morgan fingerprint density at radius 2 is 2.10 bits per heavy atom. The van der Waals surface area contributed by atoms with Gasteiger partial charge in [0.05, 0.1) is 0 Å². The summed E-state index contributed by atoms with van der Waals surface area (Å²) in [6.45, 7) is 6.56. The second-order valence-electron chi connectivity index (χ2n) is 2.86. The van der Waals surface area contributed by atoms with Crippen LogP contribution in [-0.4, -0.2) is 20.9 Å². The van der Waals surface area contributed by atoms with Gasteiger partial charge in [0.25, 0.3) is 0 Å². The number of thiol groups is 1. The molecule has 10 heavy (non-hydrogen) atoms. The van der Waals surface area contributed by atoms with Crippen LogP contribution < -0.4 is 0 Å². The highest BCUT2D eigenvalue weighted by Gasteiger charge is 2.03. The van der Waals surface area contributed by atoms with Crippen molar-refractivity contribution in [1.29, 1.82) is 0 Å². The molecule has 1 atom stereocenters. The van der Waals surface area contributed by atoms with Crippen LogP contribution in [0.2, 0.25) is 13.1 Å². The van der Waals surface area contributed by atoms with Gasteiger partial charge in [-0.1, -0.05) is 0 Å². The second kappa shape index (κ2) is 6.25. The molecule has 0 radical (unpaired) electrons. The lowest BCUT2D eigenvalue weighted by Crippen LogP contribution is -2.17. The molecule has 0 fully saturated rings. The predicted octanol–water partition coefficient (Wildman–Crippen LogP) is 2.08. The average molecular weight is 178 g/mol. The molecule has 0 aromatic rings. The molecular weight excluding hydrogens is 160 g/mol. The molecule has 0 N–H and O–H groups in total. The van der Waals surface area contributed by atoms with Gasteiger partial charge in [-0.2, -0.15) is 12.6 Å². The molecule has 0 aromatic carbocycles. The van der Waals surface area contributed by atoms with Crippen molar-refractivity contribution in [2.75, 3.05) is 5.75 Å². The Balaban J connectivity index is 3.16. The van der Waals surface area contributed by atoms with Crippen molar-refractivity contribution in [3.8, 4) is 0 Å². The number of rotatable bonds is 5. The molecule has 62 valence electrons. The lowest BCUT2D eigenvalue weighted by atomic mass is 10.2. The van der Waals surface area contributed by atoms with Crippen LogP contribution in [0.3, 0.4) is 0 Å². The van der Waals surface area contributed by atoms with Gasteiger partial charge in [0.1, 0.15) is 0 Å². The van der Waals surface area contributed by atoms with E-state index in [-0.39, 0.29) is 0 Å². The van der Waals surface area contributed by atoms with Gasteiger partial charge in [0, 0.05) is 6.10 Å². The lowest BCUT2D eigenvalue weighted by Gasteiger charge is -2.14. The summed E-state index contributed by atoms with van der Waals surface area (Å²) in [7, 11) is -0.796. The molecule has 0 bridgehead atoms. The van der Waals surface area contributed by atoms with Crippen LogP contribution in [0, 0.1) is 0 Å². The maximum Gasteiger partial charge on any atom is 0.171 e. The van der Waals surface area contributed by atoms with Crippen LogP contribution in [0.5, 0.6) is 0 Å². The minimum Gasteiger partial charge on any atom is -0.418 e. The topological polar surface area (TPSA) is 9.23 Å². The fraction of sp³-hybridized carbons (Fsp3) is 1.00. The summed E-state index contributed by atoms with van der Waals surface area (Å²) < 4.78 is 5.66. The highest BCUT2D eigenvalue weighted by Crippen LogP contribution is 2.03. The molecule has 0 saturated heterocycles. The van der Waals surface area contributed by atoms with Crippen LogP contribution in [0.25, 0.3) is 0 Å². The Labute approximate surface area is 71.3 Å². The van der Waals surface area contributed by atoms with Crippen molar-refractivity contribution in [3.63, 3.8) is 0 Å². The molecule has 3 heteroatoms. The van der Waals surface area contributed by atoms with Gasteiger partial charge in [-0.05, 0) is 38.6 Å². The van der Waals surface area contributed by atoms with Gasteiger partial charge in [0.15, 0.2) is 9.04 Å². The highest BCUT2D eigenvalue weighted by atomic mass is 32.1. The Kier molecular flexibility index (Phi) is 6.58. The van der Waals surface area contributed by atoms with E-state index >= 15 is 0 Å². The first-order valence-corrected chi connectivity index (χ1v) is 7.34. The fourth-order valence-corrected chi connectivity index (χ4v) is 2.16. The first-order chi connectivity index (χ1) is 4.66. The minimum atomic E-state index is -0.796. The van der Waals surface area contributed by atoms with Crippen LogP contribution in [0.1, 0.15) is 19.8 Å². The molecule has 0 aliphatic heterocycles. The molecule has 0 aliphatic carbocycles. The average Bonchev–Trinajstić information content (AvgIpc) is 1.82. The molecule has 1 unspecified atom stereocenters.